The van der Waals surface area contributed by atoms with E-state index in [0.29, 0.717) is 5.16 Å². The first kappa shape index (κ1) is 22.8. The van der Waals surface area contributed by atoms with Crippen LogP contribution in [0.1, 0.15) is 10.9 Å². The van der Waals surface area contributed by atoms with Gasteiger partial charge in [-0.05, 0) is 41.6 Å². The molecule has 0 aliphatic heterocycles. The Balaban J connectivity index is 1.57. The number of para-hydroxylation sites is 2. The van der Waals surface area contributed by atoms with Crippen LogP contribution >= 0.6 is 0 Å². The van der Waals surface area contributed by atoms with Gasteiger partial charge in [0, 0.05) is 27.7 Å². The molecule has 172 valence electrons. The number of pyridine rings is 1. The van der Waals surface area contributed by atoms with Crippen molar-refractivity contribution in [1.29, 1.82) is 0 Å². The summed E-state index contributed by atoms with van der Waals surface area (Å²) >= 11 is 0. The Bertz CT molecular complexity index is 1400. The molecule has 0 N–H and O–H groups in total. The summed E-state index contributed by atoms with van der Waals surface area (Å²) in [5.41, 5.74) is 7.21. The second-order valence-corrected chi connectivity index (χ2v) is 22.7. The van der Waals surface area contributed by atoms with Gasteiger partial charge in [-0.25, -0.2) is 0 Å². The largest absolute Gasteiger partial charge is 0.309 e. The minimum Gasteiger partial charge on any atom is -0.309 e. The molecule has 0 fully saturated rings. The van der Waals surface area contributed by atoms with Gasteiger partial charge >= 0.3 is 0 Å². The van der Waals surface area contributed by atoms with Gasteiger partial charge in [-0.3, -0.25) is 4.98 Å². The van der Waals surface area contributed by atoms with Crippen LogP contribution in [-0.2, 0) is 0 Å². The molecule has 0 spiro atoms. The van der Waals surface area contributed by atoms with Gasteiger partial charge in [0.25, 0.3) is 0 Å². The molecule has 2 heterocycles. The lowest BCUT2D eigenvalue weighted by Gasteiger charge is -2.38. The van der Waals surface area contributed by atoms with Crippen molar-refractivity contribution < 1.29 is 0 Å². The fourth-order valence-corrected chi connectivity index (χ4v) is 18.4. The molecule has 0 aliphatic carbocycles. The van der Waals surface area contributed by atoms with Crippen molar-refractivity contribution in [3.05, 3.63) is 96.7 Å². The number of hydrogen-bond donors (Lipinski definition) is 0. The molecule has 0 radical (unpaired) electrons. The van der Waals surface area contributed by atoms with E-state index in [9.17, 15) is 0 Å². The van der Waals surface area contributed by atoms with Crippen LogP contribution in [0.5, 0.6) is 0 Å². The maximum absolute atomic E-state index is 5.23. The van der Waals surface area contributed by atoms with Gasteiger partial charge in [-0.1, -0.05) is 93.9 Å². The number of benzene rings is 3. The Morgan fingerprint density at radius 2 is 1.12 bits per heavy atom. The van der Waals surface area contributed by atoms with Crippen LogP contribution < -0.4 is 0 Å². The molecule has 0 unspecified atom stereocenters. The molecule has 2 nitrogen and oxygen atoms in total. The minimum absolute atomic E-state index is 0.636. The lowest BCUT2D eigenvalue weighted by molar-refractivity contribution is 1.07. The van der Waals surface area contributed by atoms with Gasteiger partial charge in [0.1, 0.15) is 0 Å². The van der Waals surface area contributed by atoms with Gasteiger partial charge in [0.05, 0.1) is 32.9 Å². The first-order valence-electron chi connectivity index (χ1n) is 12.2. The van der Waals surface area contributed by atoms with Crippen molar-refractivity contribution in [2.75, 3.05) is 0 Å². The fraction of sp³-hybridized carbons (Fsp3) is 0.233. The highest BCUT2D eigenvalue weighted by atomic mass is 28.4. The van der Waals surface area contributed by atoms with Crippen molar-refractivity contribution >= 4 is 38.0 Å². The van der Waals surface area contributed by atoms with Crippen LogP contribution in [0, 0.1) is 0 Å². The lowest BCUT2D eigenvalue weighted by Crippen LogP contribution is -2.46. The van der Waals surface area contributed by atoms with Crippen molar-refractivity contribution in [2.24, 2.45) is 0 Å². The lowest BCUT2D eigenvalue weighted by atomic mass is 10.1. The second-order valence-electron chi connectivity index (χ2n) is 11.5. The summed E-state index contributed by atoms with van der Waals surface area (Å²) in [6.45, 7) is 14.9. The first-order valence-corrected chi connectivity index (χ1v) is 19.4. The monoisotopic (exact) mass is 478 g/mol. The molecule has 2 aromatic heterocycles. The Labute approximate surface area is 205 Å². The Kier molecular flexibility index (Phi) is 5.61. The maximum Gasteiger partial charge on any atom is 0.0705 e. The zero-order valence-electron chi connectivity index (χ0n) is 21.1. The molecule has 0 saturated heterocycles. The third-order valence-corrected chi connectivity index (χ3v) is 16.1. The van der Waals surface area contributed by atoms with E-state index in [-0.39, 0.29) is 0 Å². The second kappa shape index (κ2) is 8.36. The molecule has 5 aromatic rings. The summed E-state index contributed by atoms with van der Waals surface area (Å²) in [4.78, 5) is 5.23. The summed E-state index contributed by atoms with van der Waals surface area (Å²) in [6, 6.07) is 32.9. The number of aromatic nitrogens is 2. The van der Waals surface area contributed by atoms with E-state index >= 15 is 0 Å². The van der Waals surface area contributed by atoms with E-state index in [1.165, 1.54) is 38.8 Å². The van der Waals surface area contributed by atoms with E-state index in [1.807, 2.05) is 0 Å². The van der Waals surface area contributed by atoms with Gasteiger partial charge in [0.15, 0.2) is 0 Å². The van der Waals surface area contributed by atoms with Crippen LogP contribution in [0.2, 0.25) is 39.3 Å². The Hall–Kier alpha value is -2.96. The molecular formula is C30H34N2Si2. The quantitative estimate of drug-likeness (QED) is 0.231. The van der Waals surface area contributed by atoms with Gasteiger partial charge in [-0.2, -0.15) is 0 Å². The fourth-order valence-electron chi connectivity index (χ4n) is 5.94. The zero-order valence-corrected chi connectivity index (χ0v) is 23.1. The highest BCUT2D eigenvalue weighted by molar-refractivity contribution is 6.96. The van der Waals surface area contributed by atoms with E-state index in [0.717, 1.165) is 5.69 Å². The normalized spacial score (nSPS) is 12.7. The highest BCUT2D eigenvalue weighted by Crippen LogP contribution is 2.36. The predicted molar refractivity (Wildman–Crippen MR) is 153 cm³/mol. The van der Waals surface area contributed by atoms with E-state index in [1.54, 1.807) is 0 Å². The van der Waals surface area contributed by atoms with Crippen LogP contribution in [0.3, 0.4) is 0 Å². The summed E-state index contributed by atoms with van der Waals surface area (Å²) in [7, 11) is -2.78. The van der Waals surface area contributed by atoms with Crippen LogP contribution in [0.4, 0.5) is 0 Å². The van der Waals surface area contributed by atoms with Crippen LogP contribution in [0.15, 0.2) is 91.0 Å². The molecule has 34 heavy (non-hydrogen) atoms. The maximum atomic E-state index is 5.23. The highest BCUT2D eigenvalue weighted by Gasteiger charge is 2.39. The Morgan fingerprint density at radius 3 is 1.65 bits per heavy atom. The smallest absolute Gasteiger partial charge is 0.0705 e. The number of nitrogens with zero attached hydrogens (tertiary/aromatic N) is 2. The van der Waals surface area contributed by atoms with Crippen molar-refractivity contribution in [3.63, 3.8) is 0 Å². The third-order valence-electron chi connectivity index (χ3n) is 6.80. The van der Waals surface area contributed by atoms with Crippen molar-refractivity contribution in [1.82, 2.24) is 9.55 Å². The average Bonchev–Trinajstić information content (AvgIpc) is 3.12. The molecule has 5 rings (SSSR count). The van der Waals surface area contributed by atoms with Crippen molar-refractivity contribution in [3.8, 4) is 16.9 Å². The van der Waals surface area contributed by atoms with Crippen LogP contribution in [0.25, 0.3) is 38.8 Å². The standard InChI is InChI=1S/C30H34N2Si2/c1-33(2,3)30(34(4,5)6)27-15-11-14-26(31-27)22-18-20-23(21-19-22)32-28-16-9-7-12-24(28)25-13-8-10-17-29(25)32/h7-21,30H,1-6H3. The number of rotatable bonds is 5. The molecule has 3 aromatic carbocycles. The number of hydrogen-bond acceptors (Lipinski definition) is 1. The Morgan fingerprint density at radius 1 is 0.588 bits per heavy atom. The first-order chi connectivity index (χ1) is 16.1. The molecule has 0 aliphatic rings. The van der Waals surface area contributed by atoms with Crippen molar-refractivity contribution in [2.45, 2.75) is 44.4 Å². The molecule has 0 bridgehead atoms. The van der Waals surface area contributed by atoms with Gasteiger partial charge in [0.2, 0.25) is 0 Å². The third kappa shape index (κ3) is 4.06. The topological polar surface area (TPSA) is 17.8 Å². The summed E-state index contributed by atoms with van der Waals surface area (Å²) in [6.07, 6.45) is 0. The average molecular weight is 479 g/mol. The summed E-state index contributed by atoms with van der Waals surface area (Å²) in [5.74, 6) is 0. The SMILES string of the molecule is C[Si](C)(C)C(c1cccc(-c2ccc(-n3c4ccccc4c4ccccc43)cc2)n1)[Si](C)(C)C. The molecule has 0 atom stereocenters. The predicted octanol–water partition coefficient (Wildman–Crippen LogP) is 8.68. The van der Waals surface area contributed by atoms with E-state index in [4.69, 9.17) is 4.98 Å². The minimum atomic E-state index is -1.39. The molecule has 4 heteroatoms. The van der Waals surface area contributed by atoms with Gasteiger partial charge in [-0.15, -0.1) is 0 Å². The number of fused-ring (bicyclic) bond motifs is 3. The van der Waals surface area contributed by atoms with E-state index in [2.05, 4.69) is 135 Å². The van der Waals surface area contributed by atoms with E-state index < -0.39 is 16.1 Å². The molecule has 0 saturated carbocycles. The molecular weight excluding hydrogens is 445 g/mol. The van der Waals surface area contributed by atoms with Gasteiger partial charge < -0.3 is 4.57 Å². The van der Waals surface area contributed by atoms with Crippen LogP contribution in [-0.4, -0.2) is 25.7 Å². The zero-order chi connectivity index (χ0) is 24.1. The summed E-state index contributed by atoms with van der Waals surface area (Å²) < 4.78 is 2.37. The molecule has 0 amide bonds. The summed E-state index contributed by atoms with van der Waals surface area (Å²) in [5, 5.41) is 3.22.